The Morgan fingerprint density at radius 1 is 1.36 bits per heavy atom. The molecule has 0 aromatic carbocycles. The number of rotatable bonds is 1. The minimum Gasteiger partial charge on any atom is -0.386 e. The average molecular weight is 325 g/mol. The molecule has 2 aromatic heterocycles. The first-order chi connectivity index (χ1) is 10.5. The molecule has 4 atom stereocenters. The smallest absolute Gasteiger partial charge is 0.386 e. The third-order valence-corrected chi connectivity index (χ3v) is 4.18. The van der Waals surface area contributed by atoms with E-state index in [4.69, 9.17) is 21.4 Å². The molecule has 3 rings (SSSR count). The SMILES string of the molecule is [B][P+]1(O)OC[C@H](C)O[C@@H](n2cnc3cncnc32)[C@@H](O)CO1. The van der Waals surface area contributed by atoms with E-state index < -0.39 is 26.3 Å². The molecule has 116 valence electrons. The molecule has 2 N–H and O–H groups in total. The number of aromatic nitrogens is 4. The molecule has 0 aliphatic carbocycles. The molecular formula is C11H15BN4O5P+. The Hall–Kier alpha value is -1.16. The molecule has 3 heterocycles. The van der Waals surface area contributed by atoms with Gasteiger partial charge in [-0.1, -0.05) is 0 Å². The third-order valence-electron chi connectivity index (χ3n) is 3.14. The lowest BCUT2D eigenvalue weighted by Gasteiger charge is -2.25. The van der Waals surface area contributed by atoms with Crippen LogP contribution < -0.4 is 0 Å². The summed E-state index contributed by atoms with van der Waals surface area (Å²) >= 11 is 0. The predicted molar refractivity (Wildman–Crippen MR) is 77.7 cm³/mol. The van der Waals surface area contributed by atoms with E-state index in [9.17, 15) is 10.00 Å². The molecule has 2 aromatic rings. The van der Waals surface area contributed by atoms with Gasteiger partial charge in [-0.15, -0.1) is 0 Å². The van der Waals surface area contributed by atoms with Crippen molar-refractivity contribution in [1.29, 1.82) is 0 Å². The molecule has 0 spiro atoms. The Kier molecular flexibility index (Phi) is 4.40. The number of hydrogen-bond acceptors (Lipinski definition) is 8. The van der Waals surface area contributed by atoms with Crippen LogP contribution in [0.5, 0.6) is 0 Å². The van der Waals surface area contributed by atoms with E-state index in [-0.39, 0.29) is 13.2 Å². The van der Waals surface area contributed by atoms with Gasteiger partial charge in [0.2, 0.25) is 0 Å². The summed E-state index contributed by atoms with van der Waals surface area (Å²) in [6.07, 6.45) is 2.12. The largest absolute Gasteiger partial charge is 0.488 e. The van der Waals surface area contributed by atoms with Crippen LogP contribution in [-0.4, -0.2) is 62.5 Å². The highest BCUT2D eigenvalue weighted by Gasteiger charge is 2.39. The van der Waals surface area contributed by atoms with E-state index >= 15 is 0 Å². The van der Waals surface area contributed by atoms with Crippen LogP contribution in [0.4, 0.5) is 0 Å². The molecule has 1 aliphatic rings. The van der Waals surface area contributed by atoms with Gasteiger partial charge in [0.1, 0.15) is 31.2 Å². The van der Waals surface area contributed by atoms with Crippen LogP contribution in [0, 0.1) is 0 Å². The van der Waals surface area contributed by atoms with Gasteiger partial charge in [0, 0.05) is 0 Å². The van der Waals surface area contributed by atoms with Crippen LogP contribution in [0.25, 0.3) is 11.2 Å². The van der Waals surface area contributed by atoms with Crippen molar-refractivity contribution in [2.45, 2.75) is 25.4 Å². The summed E-state index contributed by atoms with van der Waals surface area (Å²) in [6, 6.07) is 0. The van der Waals surface area contributed by atoms with Gasteiger partial charge in [-0.05, 0) is 6.92 Å². The van der Waals surface area contributed by atoms with Crippen LogP contribution in [-0.2, 0) is 13.8 Å². The van der Waals surface area contributed by atoms with Crippen molar-refractivity contribution in [3.63, 3.8) is 0 Å². The highest BCUT2D eigenvalue weighted by molar-refractivity contribution is 7.85. The quantitative estimate of drug-likeness (QED) is 0.556. The van der Waals surface area contributed by atoms with E-state index in [1.54, 1.807) is 17.7 Å². The Morgan fingerprint density at radius 2 is 2.14 bits per heavy atom. The maximum Gasteiger partial charge on any atom is 0.488 e. The second-order valence-corrected chi connectivity index (χ2v) is 6.59. The second kappa shape index (κ2) is 6.15. The average Bonchev–Trinajstić information content (AvgIpc) is 2.93. The van der Waals surface area contributed by atoms with Gasteiger partial charge >= 0.3 is 15.4 Å². The minimum atomic E-state index is -3.45. The molecule has 22 heavy (non-hydrogen) atoms. The van der Waals surface area contributed by atoms with Crippen molar-refractivity contribution in [1.82, 2.24) is 19.5 Å². The zero-order valence-corrected chi connectivity index (χ0v) is 12.7. The van der Waals surface area contributed by atoms with E-state index in [0.717, 1.165) is 0 Å². The van der Waals surface area contributed by atoms with Gasteiger partial charge in [0.25, 0.3) is 0 Å². The van der Waals surface area contributed by atoms with Crippen molar-refractivity contribution < 1.29 is 23.8 Å². The predicted octanol–water partition coefficient (Wildman–Crippen LogP) is -0.0239. The number of hydrogen-bond donors (Lipinski definition) is 2. The van der Waals surface area contributed by atoms with E-state index in [0.29, 0.717) is 11.2 Å². The van der Waals surface area contributed by atoms with Gasteiger partial charge in [-0.3, -0.25) is 4.57 Å². The monoisotopic (exact) mass is 325 g/mol. The fourth-order valence-corrected chi connectivity index (χ4v) is 2.97. The van der Waals surface area contributed by atoms with Crippen LogP contribution in [0.1, 0.15) is 13.2 Å². The summed E-state index contributed by atoms with van der Waals surface area (Å²) in [4.78, 5) is 22.0. The maximum atomic E-state index is 10.3. The standard InChI is InChI=1S/C11H15BN4O5P/c1-7-3-19-22(12,18)20-4-9(17)11(21-7)16-6-15-8-2-13-5-14-10(8)16/h2,5-7,9,11,17-18H,3-4H2,1H3/q+1/t7-,9-,11+,22?/m0/s1. The van der Waals surface area contributed by atoms with Crippen LogP contribution in [0.3, 0.4) is 0 Å². The van der Waals surface area contributed by atoms with Crippen molar-refractivity contribution >= 4 is 26.6 Å². The van der Waals surface area contributed by atoms with Crippen molar-refractivity contribution in [2.24, 2.45) is 0 Å². The summed E-state index contributed by atoms with van der Waals surface area (Å²) in [7, 11) is 2.06. The molecule has 1 fully saturated rings. The van der Waals surface area contributed by atoms with Gasteiger partial charge in [0.15, 0.2) is 11.9 Å². The first-order valence-electron chi connectivity index (χ1n) is 6.62. The lowest BCUT2D eigenvalue weighted by atomic mass is 10.3. The minimum absolute atomic E-state index is 0.0333. The molecule has 11 heteroatoms. The molecular weight excluding hydrogens is 310 g/mol. The Balaban J connectivity index is 1.93. The van der Waals surface area contributed by atoms with Gasteiger partial charge < -0.3 is 9.84 Å². The van der Waals surface area contributed by atoms with Gasteiger partial charge in [-0.2, -0.15) is 9.05 Å². The number of imidazole rings is 1. The van der Waals surface area contributed by atoms with E-state index in [1.165, 1.54) is 12.7 Å². The van der Waals surface area contributed by atoms with E-state index in [2.05, 4.69) is 15.0 Å². The Bertz CT molecular complexity index is 656. The fraction of sp³-hybridized carbons (Fsp3) is 0.545. The number of nitrogens with zero attached hydrogens (tertiary/aromatic N) is 4. The molecule has 1 aliphatic heterocycles. The zero-order chi connectivity index (χ0) is 15.7. The normalized spacial score (nSPS) is 34.0. The van der Waals surface area contributed by atoms with E-state index in [1.807, 2.05) is 0 Å². The topological polar surface area (TPSA) is 112 Å². The number of aliphatic hydroxyl groups excluding tert-OH is 1. The number of aliphatic hydroxyl groups is 1. The lowest BCUT2D eigenvalue weighted by Crippen LogP contribution is -2.32. The van der Waals surface area contributed by atoms with Gasteiger partial charge in [0.05, 0.1) is 18.6 Å². The molecule has 0 saturated carbocycles. The molecule has 1 saturated heterocycles. The Labute approximate surface area is 128 Å². The molecule has 1 unspecified atom stereocenters. The third kappa shape index (κ3) is 3.27. The maximum absolute atomic E-state index is 10.3. The van der Waals surface area contributed by atoms with Crippen molar-refractivity contribution in [2.75, 3.05) is 13.2 Å². The van der Waals surface area contributed by atoms with Gasteiger partial charge in [-0.25, -0.2) is 19.8 Å². The second-order valence-electron chi connectivity index (χ2n) is 4.94. The Morgan fingerprint density at radius 3 is 2.95 bits per heavy atom. The zero-order valence-electron chi connectivity index (χ0n) is 11.8. The summed E-state index contributed by atoms with van der Waals surface area (Å²) < 4.78 is 17.5. The van der Waals surface area contributed by atoms with Crippen LogP contribution >= 0.6 is 7.82 Å². The van der Waals surface area contributed by atoms with Crippen molar-refractivity contribution in [3.8, 4) is 0 Å². The summed E-state index contributed by atoms with van der Waals surface area (Å²) in [5, 5.41) is 10.3. The molecule has 0 bridgehead atoms. The summed E-state index contributed by atoms with van der Waals surface area (Å²) in [6.45, 7) is 1.52. The first-order valence-corrected chi connectivity index (χ1v) is 8.26. The first kappa shape index (κ1) is 15.7. The highest BCUT2D eigenvalue weighted by atomic mass is 31.2. The molecule has 2 radical (unpaired) electrons. The molecule has 9 nitrogen and oxygen atoms in total. The van der Waals surface area contributed by atoms with Crippen LogP contribution in [0.15, 0.2) is 18.9 Å². The fourth-order valence-electron chi connectivity index (χ4n) is 2.10. The molecule has 0 amide bonds. The highest BCUT2D eigenvalue weighted by Crippen LogP contribution is 2.52. The van der Waals surface area contributed by atoms with Crippen LogP contribution in [0.2, 0.25) is 0 Å². The summed E-state index contributed by atoms with van der Waals surface area (Å²) in [5.74, 6) is 0. The number of fused-ring (bicyclic) bond motifs is 1. The number of ether oxygens (including phenoxy) is 1. The summed E-state index contributed by atoms with van der Waals surface area (Å²) in [5.41, 5.74) is 1.09. The van der Waals surface area contributed by atoms with Crippen molar-refractivity contribution in [3.05, 3.63) is 18.9 Å². The lowest BCUT2D eigenvalue weighted by molar-refractivity contribution is -0.120.